The molecule has 2 fully saturated rings. The number of amides is 1. The summed E-state index contributed by atoms with van der Waals surface area (Å²) in [5, 5.41) is 14.0. The Bertz CT molecular complexity index is 958. The zero-order chi connectivity index (χ0) is 24.8. The minimum atomic E-state index is -0.177. The minimum Gasteiger partial charge on any atom is -0.393 e. The van der Waals surface area contributed by atoms with Crippen LogP contribution in [0.4, 0.5) is 0 Å². The molecule has 3 rings (SSSR count). The molecule has 2 heterocycles. The number of likely N-dealkylation sites (tertiary alicyclic amines) is 2. The Balaban J connectivity index is 1.65. The average molecular weight is 508 g/mol. The molecule has 0 unspecified atom stereocenters. The lowest BCUT2D eigenvalue weighted by atomic mass is 9.98. The summed E-state index contributed by atoms with van der Waals surface area (Å²) in [4.78, 5) is 22.1. The number of aliphatic hydroxyl groups excluding tert-OH is 1. The van der Waals surface area contributed by atoms with E-state index in [-0.39, 0.29) is 12.0 Å². The molecule has 0 bridgehead atoms. The summed E-state index contributed by atoms with van der Waals surface area (Å²) in [5.74, 6) is 0.189. The molecule has 0 radical (unpaired) electrons. The number of nitrogens with two attached hydrogens (primary N) is 1. The second kappa shape index (κ2) is 12.1. The number of aliphatic imine (C=N–C) groups is 1. The van der Waals surface area contributed by atoms with E-state index in [0.29, 0.717) is 58.5 Å². The molecule has 2 aliphatic heterocycles. The van der Waals surface area contributed by atoms with Gasteiger partial charge >= 0.3 is 0 Å². The number of rotatable bonds is 7. The molecule has 1 aromatic rings. The van der Waals surface area contributed by atoms with Crippen molar-refractivity contribution < 1.29 is 9.90 Å². The summed E-state index contributed by atoms with van der Waals surface area (Å²) >= 11 is 12.1. The minimum absolute atomic E-state index is 0.132. The number of nitrogens with zero attached hydrogens (tertiary/aromatic N) is 3. The van der Waals surface area contributed by atoms with Crippen LogP contribution in [0.3, 0.4) is 0 Å². The van der Waals surface area contributed by atoms with Gasteiger partial charge in [0.25, 0.3) is 5.91 Å². The van der Waals surface area contributed by atoms with Gasteiger partial charge in [0.05, 0.1) is 22.0 Å². The molecule has 0 aliphatic carbocycles. The highest BCUT2D eigenvalue weighted by Crippen LogP contribution is 2.25. The van der Waals surface area contributed by atoms with Gasteiger partial charge < -0.3 is 26.0 Å². The van der Waals surface area contributed by atoms with E-state index in [0.717, 1.165) is 44.3 Å². The maximum absolute atomic E-state index is 13.4. The fourth-order valence-electron chi connectivity index (χ4n) is 4.44. The van der Waals surface area contributed by atoms with Gasteiger partial charge in [0.1, 0.15) is 5.70 Å². The molecule has 0 saturated carbocycles. The summed E-state index contributed by atoms with van der Waals surface area (Å²) in [6, 6.07) is 5.88. The van der Waals surface area contributed by atoms with Crippen LogP contribution in [-0.4, -0.2) is 65.0 Å². The lowest BCUT2D eigenvalue weighted by Gasteiger charge is -2.41. The molecular formula is C25H35Cl2N5O2. The predicted octanol–water partition coefficient (Wildman–Crippen LogP) is 3.70. The zero-order valence-corrected chi connectivity index (χ0v) is 21.5. The first kappa shape index (κ1) is 26.5. The molecule has 0 aromatic heterocycles. The Hall–Kier alpha value is -2.06. The first-order valence-corrected chi connectivity index (χ1v) is 12.5. The number of amidine groups is 1. The van der Waals surface area contributed by atoms with E-state index in [2.05, 4.69) is 21.8 Å². The number of carbonyl (C=O) groups excluding carboxylic acids is 1. The van der Waals surface area contributed by atoms with Gasteiger partial charge in [-0.15, -0.1) is 0 Å². The number of hydrogen-bond donors (Lipinski definition) is 3. The first-order chi connectivity index (χ1) is 16.2. The van der Waals surface area contributed by atoms with E-state index < -0.39 is 0 Å². The smallest absolute Gasteiger partial charge is 0.272 e. The van der Waals surface area contributed by atoms with Crippen molar-refractivity contribution in [3.05, 3.63) is 57.4 Å². The Kier molecular flexibility index (Phi) is 9.42. The molecule has 9 heteroatoms. The second-order valence-electron chi connectivity index (χ2n) is 9.10. The van der Waals surface area contributed by atoms with Crippen LogP contribution in [0.15, 0.2) is 46.7 Å². The molecule has 2 aliphatic rings. The Morgan fingerprint density at radius 1 is 1.15 bits per heavy atom. The van der Waals surface area contributed by atoms with Gasteiger partial charge in [-0.3, -0.25) is 4.79 Å². The molecule has 1 amide bonds. The van der Waals surface area contributed by atoms with Crippen LogP contribution in [0.2, 0.25) is 10.0 Å². The number of hydrogen-bond acceptors (Lipinski definition) is 5. The van der Waals surface area contributed by atoms with Gasteiger partial charge in [-0.1, -0.05) is 35.8 Å². The molecular weight excluding hydrogens is 473 g/mol. The molecule has 1 aromatic carbocycles. The topological polar surface area (TPSA) is 94.2 Å². The van der Waals surface area contributed by atoms with Gasteiger partial charge in [-0.2, -0.15) is 0 Å². The number of halogens is 2. The van der Waals surface area contributed by atoms with E-state index in [1.807, 2.05) is 17.9 Å². The Labute approximate surface area is 212 Å². The van der Waals surface area contributed by atoms with Crippen LogP contribution < -0.4 is 11.1 Å². The van der Waals surface area contributed by atoms with Crippen molar-refractivity contribution in [2.24, 2.45) is 10.7 Å². The first-order valence-electron chi connectivity index (χ1n) is 11.8. The third-order valence-electron chi connectivity index (χ3n) is 6.56. The van der Waals surface area contributed by atoms with Crippen molar-refractivity contribution in [3.63, 3.8) is 0 Å². The summed E-state index contributed by atoms with van der Waals surface area (Å²) in [6.45, 7) is 11.3. The normalized spacial score (nSPS) is 19.7. The fourth-order valence-corrected chi connectivity index (χ4v) is 4.76. The van der Waals surface area contributed by atoms with Crippen molar-refractivity contribution in [2.45, 2.75) is 58.2 Å². The molecule has 7 nitrogen and oxygen atoms in total. The number of benzene rings is 1. The van der Waals surface area contributed by atoms with Crippen LogP contribution in [0.1, 0.15) is 45.1 Å². The SMILES string of the molecule is C=C(NCc1ccc(Cl)c(Cl)c1)/C(C)=C(\N=C(\C)N)C(=O)N1CCC(N2CCC(O)CC2)CC1. The van der Waals surface area contributed by atoms with Gasteiger partial charge in [0, 0.05) is 50.0 Å². The van der Waals surface area contributed by atoms with Gasteiger partial charge in [-0.25, -0.2) is 4.99 Å². The predicted molar refractivity (Wildman–Crippen MR) is 139 cm³/mol. The molecule has 0 spiro atoms. The third-order valence-corrected chi connectivity index (χ3v) is 7.29. The highest BCUT2D eigenvalue weighted by Gasteiger charge is 2.30. The molecule has 34 heavy (non-hydrogen) atoms. The molecule has 4 N–H and O–H groups in total. The second-order valence-corrected chi connectivity index (χ2v) is 9.91. The van der Waals surface area contributed by atoms with Crippen molar-refractivity contribution in [3.8, 4) is 0 Å². The highest BCUT2D eigenvalue weighted by molar-refractivity contribution is 6.42. The van der Waals surface area contributed by atoms with E-state index in [1.165, 1.54) is 0 Å². The number of carbonyl (C=O) groups is 1. The largest absolute Gasteiger partial charge is 0.393 e. The van der Waals surface area contributed by atoms with Crippen molar-refractivity contribution in [1.82, 2.24) is 15.1 Å². The van der Waals surface area contributed by atoms with Gasteiger partial charge in [-0.05, 0) is 57.2 Å². The summed E-state index contributed by atoms with van der Waals surface area (Å²) in [7, 11) is 0. The van der Waals surface area contributed by atoms with E-state index in [9.17, 15) is 9.90 Å². The lowest BCUT2D eigenvalue weighted by Crippen LogP contribution is -2.49. The molecule has 186 valence electrons. The van der Waals surface area contributed by atoms with Gasteiger partial charge in [0.15, 0.2) is 0 Å². The Morgan fingerprint density at radius 2 is 1.79 bits per heavy atom. The average Bonchev–Trinajstić information content (AvgIpc) is 2.82. The standard InChI is InChI=1S/C25H35Cl2N5O2/c1-16(17(2)29-15-19-4-5-22(26)23(27)14-19)24(30-18(3)28)25(34)32-10-6-20(7-11-32)31-12-8-21(33)9-13-31/h4-5,14,20-21,29,33H,2,6-13,15H2,1,3H3,(H2,28,30)/b24-16-. The van der Waals surface area contributed by atoms with Crippen LogP contribution >= 0.6 is 23.2 Å². The molecule has 2 saturated heterocycles. The number of allylic oxidation sites excluding steroid dienone is 1. The van der Waals surface area contributed by atoms with Crippen molar-refractivity contribution >= 4 is 34.9 Å². The number of aliphatic hydroxyl groups is 1. The number of piperidine rings is 2. The van der Waals surface area contributed by atoms with Gasteiger partial charge in [0.2, 0.25) is 0 Å². The van der Waals surface area contributed by atoms with E-state index in [1.54, 1.807) is 19.1 Å². The third kappa shape index (κ3) is 6.98. The summed E-state index contributed by atoms with van der Waals surface area (Å²) in [6.07, 6.45) is 3.30. The lowest BCUT2D eigenvalue weighted by molar-refractivity contribution is -0.128. The fraction of sp³-hybridized carbons (Fsp3) is 0.520. The van der Waals surface area contributed by atoms with Crippen LogP contribution in [-0.2, 0) is 11.3 Å². The number of nitrogens with one attached hydrogen (secondary N) is 1. The Morgan fingerprint density at radius 3 is 2.38 bits per heavy atom. The summed E-state index contributed by atoms with van der Waals surface area (Å²) < 4.78 is 0. The maximum Gasteiger partial charge on any atom is 0.272 e. The van der Waals surface area contributed by atoms with Crippen molar-refractivity contribution in [1.29, 1.82) is 0 Å². The monoisotopic (exact) mass is 507 g/mol. The highest BCUT2D eigenvalue weighted by atomic mass is 35.5. The molecule has 0 atom stereocenters. The van der Waals surface area contributed by atoms with Crippen LogP contribution in [0.25, 0.3) is 0 Å². The van der Waals surface area contributed by atoms with E-state index >= 15 is 0 Å². The summed E-state index contributed by atoms with van der Waals surface area (Å²) in [5.41, 5.74) is 8.38. The van der Waals surface area contributed by atoms with Crippen LogP contribution in [0, 0.1) is 0 Å². The quantitative estimate of drug-likeness (QED) is 0.226. The van der Waals surface area contributed by atoms with E-state index in [4.69, 9.17) is 28.9 Å². The van der Waals surface area contributed by atoms with Crippen molar-refractivity contribution in [2.75, 3.05) is 26.2 Å². The maximum atomic E-state index is 13.4. The zero-order valence-electron chi connectivity index (χ0n) is 20.0. The van der Waals surface area contributed by atoms with Crippen LogP contribution in [0.5, 0.6) is 0 Å².